The van der Waals surface area contributed by atoms with E-state index in [1.807, 2.05) is 34.6 Å². The molecule has 0 aromatic heterocycles. The highest BCUT2D eigenvalue weighted by molar-refractivity contribution is 5.06. The Hall–Kier alpha value is -0.560. The second kappa shape index (κ2) is 9.55. The number of hydrogen-bond donors (Lipinski definition) is 1. The van der Waals surface area contributed by atoms with Crippen LogP contribution in [0.2, 0.25) is 0 Å². The summed E-state index contributed by atoms with van der Waals surface area (Å²) in [5.74, 6) is 6.19. The van der Waals surface area contributed by atoms with Crippen LogP contribution in [0.1, 0.15) is 74.1 Å². The van der Waals surface area contributed by atoms with Gasteiger partial charge in [-0.05, 0) is 60.3 Å². The molecule has 0 aromatic rings. The van der Waals surface area contributed by atoms with Crippen molar-refractivity contribution in [1.82, 2.24) is 0 Å². The minimum atomic E-state index is -0.563. The molecule has 0 radical (unpaired) electrons. The fourth-order valence-corrected chi connectivity index (χ4v) is 2.20. The largest absolute Gasteiger partial charge is 0.380 e. The molecule has 1 N–H and O–H groups in total. The van der Waals surface area contributed by atoms with Crippen LogP contribution in [0.5, 0.6) is 0 Å². The molecule has 0 spiro atoms. The third-order valence-corrected chi connectivity index (χ3v) is 3.72. The zero-order valence-electron chi connectivity index (χ0n) is 15.8. The molecule has 0 bridgehead atoms. The lowest BCUT2D eigenvalue weighted by Crippen LogP contribution is -2.25. The molecular formula is C19H36O3. The van der Waals surface area contributed by atoms with E-state index >= 15 is 0 Å². The Kier molecular flexibility index (Phi) is 9.31. The number of aliphatic hydroxyl groups is 1. The predicted octanol–water partition coefficient (Wildman–Crippen LogP) is 4.18. The van der Waals surface area contributed by atoms with Gasteiger partial charge in [0.2, 0.25) is 0 Å². The van der Waals surface area contributed by atoms with Crippen molar-refractivity contribution in [3.63, 3.8) is 0 Å². The van der Waals surface area contributed by atoms with Crippen LogP contribution >= 0.6 is 0 Å². The summed E-state index contributed by atoms with van der Waals surface area (Å²) in [5.41, 5.74) is -0.239. The molecule has 0 aliphatic rings. The van der Waals surface area contributed by atoms with E-state index in [-0.39, 0.29) is 23.2 Å². The number of methoxy groups -OCH3 is 1. The lowest BCUT2D eigenvalue weighted by atomic mass is 9.93. The van der Waals surface area contributed by atoms with Crippen molar-refractivity contribution < 1.29 is 14.6 Å². The first-order valence-electron chi connectivity index (χ1n) is 8.36. The summed E-state index contributed by atoms with van der Waals surface area (Å²) in [6, 6.07) is 0. The van der Waals surface area contributed by atoms with Crippen molar-refractivity contribution >= 4 is 0 Å². The second-order valence-electron chi connectivity index (χ2n) is 7.84. The van der Waals surface area contributed by atoms with Gasteiger partial charge in [-0.1, -0.05) is 25.2 Å². The highest BCUT2D eigenvalue weighted by Gasteiger charge is 2.18. The summed E-state index contributed by atoms with van der Waals surface area (Å²) in [4.78, 5) is 0. The Bertz CT molecular complexity index is 357. The summed E-state index contributed by atoms with van der Waals surface area (Å²) in [6.45, 7) is 14.4. The van der Waals surface area contributed by atoms with Gasteiger partial charge >= 0.3 is 0 Å². The summed E-state index contributed by atoms with van der Waals surface area (Å²) >= 11 is 0. The first kappa shape index (κ1) is 21.4. The van der Waals surface area contributed by atoms with Crippen LogP contribution in [0.4, 0.5) is 0 Å². The maximum atomic E-state index is 10.1. The van der Waals surface area contributed by atoms with Gasteiger partial charge in [-0.3, -0.25) is 0 Å². The number of hydrogen-bond acceptors (Lipinski definition) is 3. The van der Waals surface area contributed by atoms with Crippen LogP contribution < -0.4 is 0 Å². The third-order valence-electron chi connectivity index (χ3n) is 3.72. The molecule has 3 atom stereocenters. The van der Waals surface area contributed by atoms with Gasteiger partial charge in [0, 0.05) is 13.5 Å². The van der Waals surface area contributed by atoms with Gasteiger partial charge in [0.1, 0.15) is 6.10 Å². The van der Waals surface area contributed by atoms with Crippen molar-refractivity contribution in [3.05, 3.63) is 0 Å². The topological polar surface area (TPSA) is 38.7 Å². The van der Waals surface area contributed by atoms with Crippen LogP contribution in [0.3, 0.4) is 0 Å². The molecule has 0 rings (SSSR count). The van der Waals surface area contributed by atoms with Crippen LogP contribution in [0.15, 0.2) is 0 Å². The summed E-state index contributed by atoms with van der Waals surface area (Å²) < 4.78 is 11.2. The maximum Gasteiger partial charge on any atom is 0.117 e. The highest BCUT2D eigenvalue weighted by atomic mass is 16.5. The van der Waals surface area contributed by atoms with E-state index in [0.717, 1.165) is 19.3 Å². The molecule has 22 heavy (non-hydrogen) atoms. The van der Waals surface area contributed by atoms with Crippen LogP contribution in [0.25, 0.3) is 0 Å². The standard InChI is InChI=1S/C19H36O3/c1-15(11-10-14-19(6,7)21-8)17(20)13-9-12-16(2)22-18(3,4)5/h15-17,20H,10-12,14H2,1-8H3/t15-,16+,17+/m0/s1. The van der Waals surface area contributed by atoms with E-state index in [4.69, 9.17) is 9.47 Å². The van der Waals surface area contributed by atoms with E-state index in [9.17, 15) is 5.11 Å². The Balaban J connectivity index is 4.11. The van der Waals surface area contributed by atoms with Crippen LogP contribution in [0, 0.1) is 17.8 Å². The minimum absolute atomic E-state index is 0.0810. The molecule has 0 aromatic carbocycles. The van der Waals surface area contributed by atoms with Gasteiger partial charge in [0.05, 0.1) is 17.3 Å². The first-order valence-corrected chi connectivity index (χ1v) is 8.36. The van der Waals surface area contributed by atoms with E-state index in [1.54, 1.807) is 7.11 Å². The molecule has 0 aliphatic heterocycles. The van der Waals surface area contributed by atoms with Crippen molar-refractivity contribution in [3.8, 4) is 11.8 Å². The Morgan fingerprint density at radius 2 is 1.68 bits per heavy atom. The van der Waals surface area contributed by atoms with E-state index in [2.05, 4.69) is 25.7 Å². The predicted molar refractivity (Wildman–Crippen MR) is 92.8 cm³/mol. The molecule has 0 saturated heterocycles. The SMILES string of the molecule is COC(C)(C)CCC[C@H](C)[C@H](O)C#CC[C@@H](C)OC(C)(C)C. The summed E-state index contributed by atoms with van der Waals surface area (Å²) in [7, 11) is 1.74. The normalized spacial score (nSPS) is 16.6. The third kappa shape index (κ3) is 11.1. The summed E-state index contributed by atoms with van der Waals surface area (Å²) in [6.07, 6.45) is 3.15. The van der Waals surface area contributed by atoms with Crippen molar-refractivity contribution in [1.29, 1.82) is 0 Å². The van der Waals surface area contributed by atoms with Gasteiger partial charge in [-0.25, -0.2) is 0 Å². The van der Waals surface area contributed by atoms with Gasteiger partial charge in [0.15, 0.2) is 0 Å². The molecule has 0 unspecified atom stereocenters. The zero-order chi connectivity index (χ0) is 17.4. The van der Waals surface area contributed by atoms with Crippen LogP contribution in [-0.4, -0.2) is 35.6 Å². The molecule has 3 heteroatoms. The molecule has 130 valence electrons. The fraction of sp³-hybridized carbons (Fsp3) is 0.895. The zero-order valence-corrected chi connectivity index (χ0v) is 15.8. The van der Waals surface area contributed by atoms with Crippen molar-refractivity contribution in [2.45, 2.75) is 97.6 Å². The quantitative estimate of drug-likeness (QED) is 0.683. The van der Waals surface area contributed by atoms with Gasteiger partial charge in [-0.2, -0.15) is 0 Å². The molecular weight excluding hydrogens is 276 g/mol. The Labute approximate surface area is 137 Å². The fourth-order valence-electron chi connectivity index (χ4n) is 2.20. The second-order valence-corrected chi connectivity index (χ2v) is 7.84. The molecule has 3 nitrogen and oxygen atoms in total. The smallest absolute Gasteiger partial charge is 0.117 e. The van der Waals surface area contributed by atoms with Gasteiger partial charge in [0.25, 0.3) is 0 Å². The molecule has 0 heterocycles. The Morgan fingerprint density at radius 3 is 2.18 bits per heavy atom. The summed E-state index contributed by atoms with van der Waals surface area (Å²) in [5, 5.41) is 10.1. The van der Waals surface area contributed by atoms with Crippen molar-refractivity contribution in [2.75, 3.05) is 7.11 Å². The van der Waals surface area contributed by atoms with Crippen molar-refractivity contribution in [2.24, 2.45) is 5.92 Å². The van der Waals surface area contributed by atoms with E-state index in [1.165, 1.54) is 0 Å². The molecule has 0 aliphatic carbocycles. The monoisotopic (exact) mass is 312 g/mol. The molecule has 0 amide bonds. The first-order chi connectivity index (χ1) is 9.97. The maximum absolute atomic E-state index is 10.1. The lowest BCUT2D eigenvalue weighted by molar-refractivity contribution is -0.0485. The number of ether oxygens (including phenoxy) is 2. The van der Waals surface area contributed by atoms with Crippen LogP contribution in [-0.2, 0) is 9.47 Å². The minimum Gasteiger partial charge on any atom is -0.380 e. The lowest BCUT2D eigenvalue weighted by Gasteiger charge is -2.24. The molecule has 0 saturated carbocycles. The van der Waals surface area contributed by atoms with E-state index < -0.39 is 6.10 Å². The van der Waals surface area contributed by atoms with E-state index in [0.29, 0.717) is 6.42 Å². The van der Waals surface area contributed by atoms with Gasteiger partial charge < -0.3 is 14.6 Å². The average Bonchev–Trinajstić information content (AvgIpc) is 2.36. The number of aliphatic hydroxyl groups excluding tert-OH is 1. The average molecular weight is 312 g/mol. The Morgan fingerprint density at radius 1 is 1.09 bits per heavy atom. The highest BCUT2D eigenvalue weighted by Crippen LogP contribution is 2.20. The molecule has 0 fully saturated rings. The number of rotatable bonds is 8. The van der Waals surface area contributed by atoms with Gasteiger partial charge in [-0.15, -0.1) is 0 Å².